The summed E-state index contributed by atoms with van der Waals surface area (Å²) >= 11 is 0. The van der Waals surface area contributed by atoms with Crippen molar-refractivity contribution in [2.75, 3.05) is 6.61 Å². The van der Waals surface area contributed by atoms with E-state index >= 15 is 0 Å². The molecule has 0 fully saturated rings. The first-order valence-corrected chi connectivity index (χ1v) is 12.2. The normalized spacial score (nSPS) is 11.5. The Balaban J connectivity index is 1.41. The first-order chi connectivity index (χ1) is 17.6. The van der Waals surface area contributed by atoms with Gasteiger partial charge in [-0.05, 0) is 91.4 Å². The van der Waals surface area contributed by atoms with Gasteiger partial charge in [0.15, 0.2) is 0 Å². The molecule has 4 rings (SSSR count). The molecule has 3 aromatic carbocycles. The second-order valence-electron chi connectivity index (χ2n) is 9.82. The van der Waals surface area contributed by atoms with Crippen LogP contribution in [0.4, 0.5) is 0 Å². The highest BCUT2D eigenvalue weighted by Crippen LogP contribution is 2.32. The van der Waals surface area contributed by atoms with E-state index in [1.54, 1.807) is 13.8 Å². The molecule has 8 heteroatoms. The number of aryl methyl sites for hydroxylation is 2. The van der Waals surface area contributed by atoms with Crippen LogP contribution in [-0.4, -0.2) is 27.0 Å². The SMILES string of the molecule is Cc1cc(OCCC(C)(C)O)cc(C)c1-c1cccc(COc2ccc(Cn3oc(=O)[nH]c3=O)cc2)c1. The summed E-state index contributed by atoms with van der Waals surface area (Å²) in [6, 6.07) is 19.6. The van der Waals surface area contributed by atoms with E-state index in [0.717, 1.165) is 43.9 Å². The van der Waals surface area contributed by atoms with Crippen molar-refractivity contribution in [1.82, 2.24) is 9.72 Å². The highest BCUT2D eigenvalue weighted by Gasteiger charge is 2.14. The maximum Gasteiger partial charge on any atom is 0.440 e. The molecule has 0 aliphatic rings. The Morgan fingerprint density at radius 3 is 2.24 bits per heavy atom. The van der Waals surface area contributed by atoms with E-state index < -0.39 is 17.0 Å². The highest BCUT2D eigenvalue weighted by atomic mass is 16.5. The lowest BCUT2D eigenvalue weighted by Crippen LogP contribution is -2.21. The number of ether oxygens (including phenoxy) is 2. The van der Waals surface area contributed by atoms with Crippen LogP contribution in [-0.2, 0) is 13.2 Å². The fraction of sp³-hybridized carbons (Fsp3) is 0.310. The Bertz CT molecular complexity index is 1450. The zero-order valence-electron chi connectivity index (χ0n) is 21.5. The fourth-order valence-electron chi connectivity index (χ4n) is 4.14. The second-order valence-corrected chi connectivity index (χ2v) is 9.82. The number of hydrogen-bond donors (Lipinski definition) is 2. The van der Waals surface area contributed by atoms with E-state index in [2.05, 4.69) is 31.0 Å². The van der Waals surface area contributed by atoms with E-state index in [4.69, 9.17) is 14.0 Å². The summed E-state index contributed by atoms with van der Waals surface area (Å²) in [6.07, 6.45) is 0.558. The summed E-state index contributed by atoms with van der Waals surface area (Å²) in [5.41, 5.74) is 5.00. The van der Waals surface area contributed by atoms with Crippen molar-refractivity contribution in [3.05, 3.63) is 104 Å². The average molecular weight is 505 g/mol. The molecule has 0 bridgehead atoms. The zero-order valence-corrected chi connectivity index (χ0v) is 21.5. The van der Waals surface area contributed by atoms with Gasteiger partial charge in [0.2, 0.25) is 0 Å². The minimum Gasteiger partial charge on any atom is -0.493 e. The van der Waals surface area contributed by atoms with Crippen molar-refractivity contribution >= 4 is 0 Å². The number of H-pyrrole nitrogens is 1. The lowest BCUT2D eigenvalue weighted by Gasteiger charge is -2.18. The third-order valence-corrected chi connectivity index (χ3v) is 5.99. The molecule has 1 heterocycles. The molecular weight excluding hydrogens is 472 g/mol. The molecule has 2 N–H and O–H groups in total. The molecule has 0 atom stereocenters. The average Bonchev–Trinajstić information content (AvgIpc) is 3.14. The number of aliphatic hydroxyl groups is 1. The van der Waals surface area contributed by atoms with Crippen LogP contribution in [0.15, 0.2) is 74.8 Å². The van der Waals surface area contributed by atoms with Crippen molar-refractivity contribution in [1.29, 1.82) is 0 Å². The van der Waals surface area contributed by atoms with Crippen molar-refractivity contribution in [3.63, 3.8) is 0 Å². The maximum absolute atomic E-state index is 11.6. The van der Waals surface area contributed by atoms with Crippen molar-refractivity contribution in [2.24, 2.45) is 0 Å². The third-order valence-electron chi connectivity index (χ3n) is 5.99. The Morgan fingerprint density at radius 1 is 0.919 bits per heavy atom. The summed E-state index contributed by atoms with van der Waals surface area (Å²) in [5.74, 6) is 0.718. The summed E-state index contributed by atoms with van der Waals surface area (Å²) in [6.45, 7) is 8.70. The second kappa shape index (κ2) is 10.9. The van der Waals surface area contributed by atoms with Gasteiger partial charge in [-0.15, -0.1) is 4.74 Å². The van der Waals surface area contributed by atoms with Gasteiger partial charge in [-0.1, -0.05) is 30.3 Å². The maximum atomic E-state index is 11.6. The topological polar surface area (TPSA) is 107 Å². The number of nitrogens with zero attached hydrogens (tertiary/aromatic N) is 1. The van der Waals surface area contributed by atoms with Gasteiger partial charge in [-0.3, -0.25) is 0 Å². The Morgan fingerprint density at radius 2 is 1.62 bits per heavy atom. The van der Waals surface area contributed by atoms with Gasteiger partial charge in [-0.25, -0.2) is 14.6 Å². The van der Waals surface area contributed by atoms with Crippen molar-refractivity contribution in [2.45, 2.75) is 52.9 Å². The third kappa shape index (κ3) is 7.01. The van der Waals surface area contributed by atoms with E-state index in [9.17, 15) is 14.7 Å². The minimum atomic E-state index is -0.774. The smallest absolute Gasteiger partial charge is 0.440 e. The fourth-order valence-corrected chi connectivity index (χ4v) is 4.14. The van der Waals surface area contributed by atoms with Gasteiger partial charge < -0.3 is 19.1 Å². The van der Waals surface area contributed by atoms with E-state index in [1.165, 1.54) is 0 Å². The standard InChI is InChI=1S/C29H32N2O6/c1-19-14-25(35-13-12-29(3,4)34)15-20(2)26(19)23-7-5-6-22(16-23)18-36-24-10-8-21(9-11-24)17-31-27(32)30-28(33)37-31/h5-11,14-16,34H,12-13,17-18H2,1-4H3,(H,30,32,33). The Kier molecular flexibility index (Phi) is 7.69. The van der Waals surface area contributed by atoms with Crippen molar-refractivity contribution in [3.8, 4) is 22.6 Å². The van der Waals surface area contributed by atoms with Crippen molar-refractivity contribution < 1.29 is 19.1 Å². The molecule has 0 aliphatic carbocycles. The monoisotopic (exact) mass is 504 g/mol. The number of aromatic nitrogens is 2. The zero-order chi connectivity index (χ0) is 26.6. The van der Waals surface area contributed by atoms with Gasteiger partial charge in [-0.2, -0.15) is 0 Å². The van der Waals surface area contributed by atoms with Gasteiger partial charge in [0.25, 0.3) is 0 Å². The molecular formula is C29H32N2O6. The first-order valence-electron chi connectivity index (χ1n) is 12.2. The molecule has 37 heavy (non-hydrogen) atoms. The Hall–Kier alpha value is -4.04. The molecule has 0 amide bonds. The van der Waals surface area contributed by atoms with Crippen LogP contribution in [0.3, 0.4) is 0 Å². The van der Waals surface area contributed by atoms with Gasteiger partial charge in [0.05, 0.1) is 18.8 Å². The van der Waals surface area contributed by atoms with Crippen LogP contribution in [0.25, 0.3) is 11.1 Å². The molecule has 0 saturated carbocycles. The number of nitrogens with one attached hydrogen (secondary N) is 1. The van der Waals surface area contributed by atoms with E-state index in [1.807, 2.05) is 48.5 Å². The van der Waals surface area contributed by atoms with Gasteiger partial charge >= 0.3 is 11.4 Å². The molecule has 0 saturated heterocycles. The number of rotatable bonds is 10. The number of hydrogen-bond acceptors (Lipinski definition) is 6. The minimum absolute atomic E-state index is 0.155. The molecule has 1 aromatic heterocycles. The largest absolute Gasteiger partial charge is 0.493 e. The summed E-state index contributed by atoms with van der Waals surface area (Å²) in [7, 11) is 0. The number of benzene rings is 3. The molecule has 0 spiro atoms. The predicted octanol–water partition coefficient (Wildman–Crippen LogP) is 4.58. The molecule has 4 aromatic rings. The highest BCUT2D eigenvalue weighted by molar-refractivity contribution is 5.72. The predicted molar refractivity (Wildman–Crippen MR) is 141 cm³/mol. The molecule has 0 aliphatic heterocycles. The Labute approximate surface area is 215 Å². The van der Waals surface area contributed by atoms with Crippen LogP contribution in [0.5, 0.6) is 11.5 Å². The van der Waals surface area contributed by atoms with Crippen LogP contribution < -0.4 is 20.9 Å². The summed E-state index contributed by atoms with van der Waals surface area (Å²) in [5, 5.41) is 9.90. The van der Waals surface area contributed by atoms with Crippen LogP contribution in [0.2, 0.25) is 0 Å². The van der Waals surface area contributed by atoms with Gasteiger partial charge in [0, 0.05) is 6.42 Å². The molecule has 0 unspecified atom stereocenters. The van der Waals surface area contributed by atoms with E-state index in [-0.39, 0.29) is 6.54 Å². The first kappa shape index (κ1) is 26.0. The van der Waals surface area contributed by atoms with E-state index in [0.29, 0.717) is 25.4 Å². The molecule has 0 radical (unpaired) electrons. The van der Waals surface area contributed by atoms with Crippen LogP contribution >= 0.6 is 0 Å². The van der Waals surface area contributed by atoms with Gasteiger partial charge in [0.1, 0.15) is 18.1 Å². The molecule has 8 nitrogen and oxygen atoms in total. The summed E-state index contributed by atoms with van der Waals surface area (Å²) in [4.78, 5) is 24.8. The lowest BCUT2D eigenvalue weighted by molar-refractivity contribution is 0.0553. The summed E-state index contributed by atoms with van der Waals surface area (Å²) < 4.78 is 17.6. The quantitative estimate of drug-likeness (QED) is 0.327. The lowest BCUT2D eigenvalue weighted by atomic mass is 9.94. The van der Waals surface area contributed by atoms with Crippen LogP contribution in [0.1, 0.15) is 42.5 Å². The van der Waals surface area contributed by atoms with Crippen LogP contribution in [0, 0.1) is 13.8 Å². The molecule has 194 valence electrons. The number of aromatic amines is 1.